The molecule has 4 atom stereocenters. The number of fused-ring (bicyclic) bond motifs is 2. The Hall–Kier alpha value is -1.77. The number of anilines is 1. The van der Waals surface area contributed by atoms with Crippen molar-refractivity contribution in [1.29, 1.82) is 0 Å². The number of nitrogens with zero attached hydrogens (tertiary/aromatic N) is 4. The molecule has 4 rings (SSSR count). The Kier molecular flexibility index (Phi) is 2.91. The molecule has 0 amide bonds. The van der Waals surface area contributed by atoms with Crippen molar-refractivity contribution in [3.8, 4) is 0 Å². The lowest BCUT2D eigenvalue weighted by Gasteiger charge is -2.24. The highest BCUT2D eigenvalue weighted by atomic mass is 16.8. The lowest BCUT2D eigenvalue weighted by Crippen LogP contribution is -2.28. The smallest absolute Gasteiger partial charge is 0.167 e. The van der Waals surface area contributed by atoms with E-state index in [0.717, 1.165) is 6.42 Å². The molecule has 118 valence electrons. The van der Waals surface area contributed by atoms with E-state index in [2.05, 4.69) is 21.9 Å². The van der Waals surface area contributed by atoms with Gasteiger partial charge in [0.2, 0.25) is 0 Å². The van der Waals surface area contributed by atoms with Crippen LogP contribution in [0.5, 0.6) is 0 Å². The van der Waals surface area contributed by atoms with Crippen molar-refractivity contribution in [2.45, 2.75) is 57.5 Å². The molecule has 2 aromatic rings. The van der Waals surface area contributed by atoms with Gasteiger partial charge in [-0.3, -0.25) is 4.57 Å². The van der Waals surface area contributed by atoms with Crippen molar-refractivity contribution in [2.75, 3.05) is 5.73 Å². The molecule has 0 saturated carbocycles. The molecule has 0 radical (unpaired) electrons. The third-order valence-electron chi connectivity index (χ3n) is 4.19. The number of ether oxygens (including phenoxy) is 3. The van der Waals surface area contributed by atoms with Crippen LogP contribution in [0.4, 0.5) is 5.82 Å². The zero-order valence-electron chi connectivity index (χ0n) is 12.8. The number of imidazole rings is 1. The van der Waals surface area contributed by atoms with Crippen LogP contribution >= 0.6 is 0 Å². The molecular formula is C14H19N5O3. The Morgan fingerprint density at radius 2 is 2.00 bits per heavy atom. The molecule has 0 aliphatic carbocycles. The summed E-state index contributed by atoms with van der Waals surface area (Å²) >= 11 is 0. The van der Waals surface area contributed by atoms with Gasteiger partial charge >= 0.3 is 0 Å². The Labute approximate surface area is 127 Å². The van der Waals surface area contributed by atoms with Gasteiger partial charge in [-0.05, 0) is 20.3 Å². The van der Waals surface area contributed by atoms with E-state index in [0.29, 0.717) is 17.0 Å². The Bertz CT molecular complexity index is 716. The zero-order chi connectivity index (χ0) is 15.5. The fraction of sp³-hybridized carbons (Fsp3) is 0.643. The number of nitrogen functional groups attached to an aromatic ring is 1. The zero-order valence-corrected chi connectivity index (χ0v) is 12.8. The largest absolute Gasteiger partial charge is 0.382 e. The molecule has 2 aliphatic rings. The van der Waals surface area contributed by atoms with Gasteiger partial charge < -0.3 is 19.9 Å². The normalized spacial score (nSPS) is 33.4. The average molecular weight is 305 g/mol. The second kappa shape index (κ2) is 4.61. The lowest BCUT2D eigenvalue weighted by atomic mass is 10.1. The van der Waals surface area contributed by atoms with E-state index in [1.54, 1.807) is 6.33 Å². The molecule has 0 aromatic carbocycles. The van der Waals surface area contributed by atoms with Crippen LogP contribution in [0.25, 0.3) is 11.2 Å². The summed E-state index contributed by atoms with van der Waals surface area (Å²) in [5.74, 6) is -0.260. The Morgan fingerprint density at radius 1 is 1.23 bits per heavy atom. The molecule has 2 aliphatic heterocycles. The monoisotopic (exact) mass is 305 g/mol. The van der Waals surface area contributed by atoms with Gasteiger partial charge in [0.15, 0.2) is 23.5 Å². The maximum absolute atomic E-state index is 6.14. The molecule has 4 heterocycles. The van der Waals surface area contributed by atoms with E-state index in [4.69, 9.17) is 19.9 Å². The van der Waals surface area contributed by atoms with Crippen LogP contribution in [0.15, 0.2) is 12.7 Å². The van der Waals surface area contributed by atoms with Crippen molar-refractivity contribution >= 4 is 17.0 Å². The molecule has 2 aromatic heterocycles. The minimum Gasteiger partial charge on any atom is -0.382 e. The quantitative estimate of drug-likeness (QED) is 0.891. The predicted octanol–water partition coefficient (Wildman–Crippen LogP) is 1.24. The van der Waals surface area contributed by atoms with E-state index in [1.165, 1.54) is 6.33 Å². The minimum atomic E-state index is -0.616. The summed E-state index contributed by atoms with van der Waals surface area (Å²) in [5.41, 5.74) is 7.06. The maximum atomic E-state index is 6.14. The molecule has 22 heavy (non-hydrogen) atoms. The topological polar surface area (TPSA) is 97.3 Å². The van der Waals surface area contributed by atoms with Gasteiger partial charge in [-0.15, -0.1) is 0 Å². The van der Waals surface area contributed by atoms with E-state index < -0.39 is 5.79 Å². The van der Waals surface area contributed by atoms with Gasteiger partial charge in [-0.25, -0.2) is 15.0 Å². The average Bonchev–Trinajstić information content (AvgIpc) is 3.10. The summed E-state index contributed by atoms with van der Waals surface area (Å²) in [4.78, 5) is 12.5. The van der Waals surface area contributed by atoms with Crippen LogP contribution < -0.4 is 5.73 Å². The first-order chi connectivity index (χ1) is 10.5. The van der Waals surface area contributed by atoms with Crippen molar-refractivity contribution < 1.29 is 14.2 Å². The van der Waals surface area contributed by atoms with E-state index in [1.807, 2.05) is 18.4 Å². The predicted molar refractivity (Wildman–Crippen MR) is 77.8 cm³/mol. The molecule has 2 saturated heterocycles. The second-order valence-electron chi connectivity index (χ2n) is 6.12. The highest BCUT2D eigenvalue weighted by Crippen LogP contribution is 2.44. The fourth-order valence-corrected chi connectivity index (χ4v) is 3.27. The standard InChI is InChI=1S/C14H19N5O3/c1-4-7-9-10(22-14(2,3)21-9)13(20-7)19-6-18-8-11(15)16-5-17-12(8)19/h5-7,9-10,13H,4H2,1-3H3,(H2,15,16,17)/t7-,9-,10-,13-/m1/s1. The fourth-order valence-electron chi connectivity index (χ4n) is 3.27. The van der Waals surface area contributed by atoms with Gasteiger partial charge in [0.05, 0.1) is 12.4 Å². The third kappa shape index (κ3) is 1.91. The van der Waals surface area contributed by atoms with Gasteiger partial charge in [-0.2, -0.15) is 0 Å². The molecular weight excluding hydrogens is 286 g/mol. The van der Waals surface area contributed by atoms with Crippen molar-refractivity contribution in [3.63, 3.8) is 0 Å². The van der Waals surface area contributed by atoms with Gasteiger partial charge in [0.1, 0.15) is 24.1 Å². The molecule has 8 heteroatoms. The van der Waals surface area contributed by atoms with Crippen LogP contribution in [0.3, 0.4) is 0 Å². The summed E-state index contributed by atoms with van der Waals surface area (Å²) in [6.45, 7) is 5.91. The third-order valence-corrected chi connectivity index (χ3v) is 4.19. The van der Waals surface area contributed by atoms with Gasteiger partial charge in [0.25, 0.3) is 0 Å². The lowest BCUT2D eigenvalue weighted by molar-refractivity contribution is -0.196. The van der Waals surface area contributed by atoms with Crippen LogP contribution in [0.1, 0.15) is 33.4 Å². The molecule has 0 spiro atoms. The highest BCUT2D eigenvalue weighted by molar-refractivity contribution is 5.81. The number of hydrogen-bond donors (Lipinski definition) is 1. The first-order valence-electron chi connectivity index (χ1n) is 7.44. The van der Waals surface area contributed by atoms with E-state index >= 15 is 0 Å². The summed E-state index contributed by atoms with van der Waals surface area (Å²) in [7, 11) is 0. The summed E-state index contributed by atoms with van der Waals surface area (Å²) in [6, 6.07) is 0. The maximum Gasteiger partial charge on any atom is 0.167 e. The minimum absolute atomic E-state index is 0.0200. The van der Waals surface area contributed by atoms with Crippen molar-refractivity contribution in [3.05, 3.63) is 12.7 Å². The first-order valence-corrected chi connectivity index (χ1v) is 7.44. The number of rotatable bonds is 2. The molecule has 0 unspecified atom stereocenters. The molecule has 2 fully saturated rings. The second-order valence-corrected chi connectivity index (χ2v) is 6.12. The van der Waals surface area contributed by atoms with E-state index in [-0.39, 0.29) is 24.5 Å². The highest BCUT2D eigenvalue weighted by Gasteiger charge is 2.55. The van der Waals surface area contributed by atoms with Crippen LogP contribution in [-0.4, -0.2) is 43.6 Å². The summed E-state index contributed by atoms with van der Waals surface area (Å²) in [5, 5.41) is 0. The van der Waals surface area contributed by atoms with Crippen LogP contribution in [0, 0.1) is 0 Å². The van der Waals surface area contributed by atoms with Gasteiger partial charge in [-0.1, -0.05) is 6.92 Å². The SMILES string of the molecule is CC[C@H]1O[C@@H](n2cnc3c(N)ncnc32)[C@@H]2OC(C)(C)O[C@@H]21. The summed E-state index contributed by atoms with van der Waals surface area (Å²) in [6.07, 6.45) is 3.29. The van der Waals surface area contributed by atoms with Crippen molar-refractivity contribution in [1.82, 2.24) is 19.5 Å². The van der Waals surface area contributed by atoms with E-state index in [9.17, 15) is 0 Å². The number of hydrogen-bond acceptors (Lipinski definition) is 7. The number of aromatic nitrogens is 4. The number of nitrogens with two attached hydrogens (primary N) is 1. The van der Waals surface area contributed by atoms with Crippen molar-refractivity contribution in [2.24, 2.45) is 0 Å². The van der Waals surface area contributed by atoms with Crippen LogP contribution in [-0.2, 0) is 14.2 Å². The molecule has 0 bridgehead atoms. The van der Waals surface area contributed by atoms with Gasteiger partial charge in [0, 0.05) is 0 Å². The molecule has 2 N–H and O–H groups in total. The Morgan fingerprint density at radius 3 is 2.77 bits per heavy atom. The molecule has 8 nitrogen and oxygen atoms in total. The van der Waals surface area contributed by atoms with Crippen LogP contribution in [0.2, 0.25) is 0 Å². The Balaban J connectivity index is 1.77. The summed E-state index contributed by atoms with van der Waals surface area (Å²) < 4.78 is 20.0. The first kappa shape index (κ1) is 13.9.